The van der Waals surface area contributed by atoms with Crippen LogP contribution in [0.15, 0.2) is 79.0 Å². The Kier molecular flexibility index (Phi) is 8.29. The van der Waals surface area contributed by atoms with Gasteiger partial charge >= 0.3 is 0 Å². The number of ether oxygens (including phenoxy) is 2. The van der Waals surface area contributed by atoms with E-state index in [1.807, 2.05) is 24.3 Å². The molecule has 1 N–H and O–H groups in total. The number of hydrogen-bond donors (Lipinski definition) is 1. The lowest BCUT2D eigenvalue weighted by atomic mass is 9.87. The molecule has 1 amide bonds. The summed E-state index contributed by atoms with van der Waals surface area (Å²) < 4.78 is 13.5. The number of rotatable bonds is 11. The van der Waals surface area contributed by atoms with Gasteiger partial charge in [0.2, 0.25) is 5.91 Å². The molecule has 1 aliphatic rings. The van der Waals surface area contributed by atoms with Gasteiger partial charge in [-0.25, -0.2) is 0 Å². The van der Waals surface area contributed by atoms with Crippen molar-refractivity contribution >= 4 is 16.8 Å². The molecular formula is C32H37N3O3. The third-order valence-corrected chi connectivity index (χ3v) is 7.51. The number of amides is 1. The second-order valence-electron chi connectivity index (χ2n) is 10.0. The fourth-order valence-electron chi connectivity index (χ4n) is 5.52. The lowest BCUT2D eigenvalue weighted by molar-refractivity contribution is -0.121. The number of likely N-dealkylation sites (tertiary alicyclic amines) is 1. The number of carbonyl (C=O) groups excluding carboxylic acids is 1. The van der Waals surface area contributed by atoms with E-state index in [2.05, 4.69) is 69.5 Å². The van der Waals surface area contributed by atoms with E-state index in [-0.39, 0.29) is 11.8 Å². The summed E-state index contributed by atoms with van der Waals surface area (Å²) in [7, 11) is 3.31. The third kappa shape index (κ3) is 6.03. The molecule has 1 fully saturated rings. The van der Waals surface area contributed by atoms with E-state index in [0.29, 0.717) is 24.5 Å². The molecule has 198 valence electrons. The van der Waals surface area contributed by atoms with Crippen LogP contribution in [0.5, 0.6) is 11.5 Å². The molecule has 1 saturated heterocycles. The molecule has 2 heterocycles. The number of hydrogen-bond acceptors (Lipinski definition) is 4. The van der Waals surface area contributed by atoms with Crippen LogP contribution in [-0.4, -0.2) is 55.8 Å². The smallest absolute Gasteiger partial charge is 0.220 e. The molecule has 4 aromatic rings. The highest BCUT2D eigenvalue weighted by molar-refractivity contribution is 5.87. The number of carbonyl (C=O) groups is 1. The lowest BCUT2D eigenvalue weighted by Gasteiger charge is -2.20. The first-order chi connectivity index (χ1) is 18.6. The summed E-state index contributed by atoms with van der Waals surface area (Å²) in [5, 5.41) is 4.33. The van der Waals surface area contributed by atoms with Crippen LogP contribution in [0.3, 0.4) is 0 Å². The number of nitrogens with one attached hydrogen (secondary N) is 1. The molecule has 1 atom stereocenters. The zero-order chi connectivity index (χ0) is 26.3. The van der Waals surface area contributed by atoms with Gasteiger partial charge in [0.25, 0.3) is 0 Å². The fourth-order valence-corrected chi connectivity index (χ4v) is 5.52. The summed E-state index contributed by atoms with van der Waals surface area (Å²) in [6, 6.07) is 24.8. The minimum absolute atomic E-state index is 0.0517. The zero-order valence-corrected chi connectivity index (χ0v) is 22.4. The maximum Gasteiger partial charge on any atom is 0.220 e. The van der Waals surface area contributed by atoms with Gasteiger partial charge in [-0.1, -0.05) is 48.5 Å². The van der Waals surface area contributed by atoms with Crippen molar-refractivity contribution in [1.82, 2.24) is 14.8 Å². The highest BCUT2D eigenvalue weighted by Crippen LogP contribution is 2.38. The van der Waals surface area contributed by atoms with Crippen LogP contribution in [0.1, 0.15) is 41.9 Å². The summed E-state index contributed by atoms with van der Waals surface area (Å²) in [6.07, 6.45) is 5.06. The van der Waals surface area contributed by atoms with E-state index in [9.17, 15) is 4.79 Å². The molecule has 6 nitrogen and oxygen atoms in total. The van der Waals surface area contributed by atoms with Gasteiger partial charge in [-0.3, -0.25) is 4.79 Å². The molecule has 0 saturated carbocycles. The molecule has 1 aliphatic heterocycles. The minimum Gasteiger partial charge on any atom is -0.497 e. The molecule has 0 radical (unpaired) electrons. The Morgan fingerprint density at radius 3 is 2.32 bits per heavy atom. The summed E-state index contributed by atoms with van der Waals surface area (Å²) in [6.45, 7) is 4.59. The maximum absolute atomic E-state index is 13.3. The molecular weight excluding hydrogens is 474 g/mol. The molecule has 0 spiro atoms. The minimum atomic E-state index is -0.160. The molecule has 0 bridgehead atoms. The Hall–Kier alpha value is -3.77. The van der Waals surface area contributed by atoms with Gasteiger partial charge in [0.15, 0.2) is 0 Å². The van der Waals surface area contributed by atoms with E-state index in [1.165, 1.54) is 18.4 Å². The Morgan fingerprint density at radius 1 is 0.921 bits per heavy atom. The van der Waals surface area contributed by atoms with Crippen molar-refractivity contribution in [3.8, 4) is 11.5 Å². The predicted octanol–water partition coefficient (Wildman–Crippen LogP) is 5.44. The van der Waals surface area contributed by atoms with Crippen LogP contribution in [0, 0.1) is 0 Å². The van der Waals surface area contributed by atoms with Crippen LogP contribution in [-0.2, 0) is 11.3 Å². The van der Waals surface area contributed by atoms with Crippen molar-refractivity contribution < 1.29 is 14.3 Å². The summed E-state index contributed by atoms with van der Waals surface area (Å²) >= 11 is 0. The molecule has 0 aliphatic carbocycles. The lowest BCUT2D eigenvalue weighted by Crippen LogP contribution is -2.34. The Bertz CT molecular complexity index is 1340. The average Bonchev–Trinajstić information content (AvgIpc) is 3.60. The van der Waals surface area contributed by atoms with Gasteiger partial charge in [0.05, 0.1) is 14.2 Å². The molecule has 38 heavy (non-hydrogen) atoms. The van der Waals surface area contributed by atoms with Gasteiger partial charge in [0.1, 0.15) is 11.5 Å². The highest BCUT2D eigenvalue weighted by Gasteiger charge is 2.24. The Labute approximate surface area is 225 Å². The second kappa shape index (κ2) is 12.2. The molecule has 3 aromatic carbocycles. The van der Waals surface area contributed by atoms with Crippen LogP contribution >= 0.6 is 0 Å². The summed E-state index contributed by atoms with van der Waals surface area (Å²) in [4.78, 5) is 15.7. The van der Waals surface area contributed by atoms with E-state index in [1.54, 1.807) is 14.2 Å². The predicted molar refractivity (Wildman–Crippen MR) is 152 cm³/mol. The summed E-state index contributed by atoms with van der Waals surface area (Å²) in [5.41, 5.74) is 4.51. The van der Waals surface area contributed by atoms with Gasteiger partial charge < -0.3 is 24.3 Å². The quantitative estimate of drug-likeness (QED) is 0.291. The number of fused-ring (bicyclic) bond motifs is 1. The van der Waals surface area contributed by atoms with Crippen molar-refractivity contribution in [3.05, 3.63) is 95.7 Å². The second-order valence-corrected chi connectivity index (χ2v) is 10.0. The monoisotopic (exact) mass is 511 g/mol. The highest BCUT2D eigenvalue weighted by atomic mass is 16.5. The van der Waals surface area contributed by atoms with E-state index < -0.39 is 0 Å². The standard InChI is InChI=1S/C32H37N3O3/c1-37-26-18-25(19-27(20-26)38-2)29(21-32(36)33-14-17-34-15-8-9-16-34)30-23-35(22-24-10-4-3-5-11-24)31-13-7-6-12-28(30)31/h3-7,10-13,18-20,23,29H,8-9,14-17,21-22H2,1-2H3,(H,33,36)/t29-/m1/s1. The van der Waals surface area contributed by atoms with Crippen LogP contribution in [0.25, 0.3) is 10.9 Å². The van der Waals surface area contributed by atoms with Gasteiger partial charge in [0, 0.05) is 55.1 Å². The van der Waals surface area contributed by atoms with Crippen molar-refractivity contribution in [1.29, 1.82) is 0 Å². The number of aromatic nitrogens is 1. The van der Waals surface area contributed by atoms with Crippen LogP contribution in [0.4, 0.5) is 0 Å². The average molecular weight is 512 g/mol. The number of para-hydroxylation sites is 1. The number of benzene rings is 3. The van der Waals surface area contributed by atoms with Gasteiger partial charge in [-0.2, -0.15) is 0 Å². The topological polar surface area (TPSA) is 55.7 Å². The van der Waals surface area contributed by atoms with E-state index in [0.717, 1.165) is 48.2 Å². The van der Waals surface area contributed by atoms with Crippen LogP contribution < -0.4 is 14.8 Å². The molecule has 0 unspecified atom stereocenters. The Balaban J connectivity index is 1.49. The van der Waals surface area contributed by atoms with Crippen molar-refractivity contribution in [2.45, 2.75) is 31.7 Å². The molecule has 1 aromatic heterocycles. The maximum atomic E-state index is 13.3. The molecule has 5 rings (SSSR count). The van der Waals surface area contributed by atoms with Gasteiger partial charge in [-0.15, -0.1) is 0 Å². The third-order valence-electron chi connectivity index (χ3n) is 7.51. The van der Waals surface area contributed by atoms with Crippen molar-refractivity contribution in [2.24, 2.45) is 0 Å². The fraction of sp³-hybridized carbons (Fsp3) is 0.344. The first kappa shape index (κ1) is 25.9. The van der Waals surface area contributed by atoms with E-state index >= 15 is 0 Å². The normalized spacial score (nSPS) is 14.5. The van der Waals surface area contributed by atoms with Crippen molar-refractivity contribution in [2.75, 3.05) is 40.4 Å². The SMILES string of the molecule is COc1cc(OC)cc([C@@H](CC(=O)NCCN2CCCC2)c2cn(Cc3ccccc3)c3ccccc23)c1. The first-order valence-electron chi connectivity index (χ1n) is 13.5. The van der Waals surface area contributed by atoms with Crippen LogP contribution in [0.2, 0.25) is 0 Å². The largest absolute Gasteiger partial charge is 0.497 e. The molecule has 6 heteroatoms. The number of nitrogens with zero attached hydrogens (tertiary/aromatic N) is 2. The van der Waals surface area contributed by atoms with E-state index in [4.69, 9.17) is 9.47 Å². The Morgan fingerprint density at radius 2 is 1.61 bits per heavy atom. The van der Waals surface area contributed by atoms with Gasteiger partial charge in [-0.05, 0) is 60.8 Å². The first-order valence-corrected chi connectivity index (χ1v) is 13.5. The number of methoxy groups -OCH3 is 2. The van der Waals surface area contributed by atoms with Crippen molar-refractivity contribution in [3.63, 3.8) is 0 Å². The zero-order valence-electron chi connectivity index (χ0n) is 22.4. The summed E-state index contributed by atoms with van der Waals surface area (Å²) in [5.74, 6) is 1.32.